The Balaban J connectivity index is 1.39. The van der Waals surface area contributed by atoms with Crippen molar-refractivity contribution in [3.8, 4) is 0 Å². The Labute approximate surface area is 160 Å². The maximum atomic E-state index is 12.8. The first-order valence-electron chi connectivity index (χ1n) is 9.91. The number of nitrogens with one attached hydrogen (secondary N) is 1. The van der Waals surface area contributed by atoms with Crippen molar-refractivity contribution in [1.82, 2.24) is 19.9 Å². The Morgan fingerprint density at radius 3 is 2.67 bits per heavy atom. The summed E-state index contributed by atoms with van der Waals surface area (Å²) in [7, 11) is 0. The minimum atomic E-state index is 0.0186. The highest BCUT2D eigenvalue weighted by Gasteiger charge is 2.43. The van der Waals surface area contributed by atoms with E-state index in [0.717, 1.165) is 43.9 Å². The van der Waals surface area contributed by atoms with E-state index < -0.39 is 0 Å². The summed E-state index contributed by atoms with van der Waals surface area (Å²) in [6.45, 7) is 9.24. The molecule has 3 aliphatic rings. The van der Waals surface area contributed by atoms with Crippen molar-refractivity contribution in [1.29, 1.82) is 0 Å². The highest BCUT2D eigenvalue weighted by atomic mass is 16.2. The summed E-state index contributed by atoms with van der Waals surface area (Å²) < 4.78 is 1.98. The van der Waals surface area contributed by atoms with Gasteiger partial charge in [0.25, 0.3) is 0 Å². The third-order valence-electron chi connectivity index (χ3n) is 5.96. The van der Waals surface area contributed by atoms with Crippen molar-refractivity contribution in [2.45, 2.75) is 51.6 Å². The van der Waals surface area contributed by atoms with Crippen LogP contribution in [0.4, 0.5) is 5.69 Å². The largest absolute Gasteiger partial charge is 0.326 e. The molecule has 3 aliphatic heterocycles. The van der Waals surface area contributed by atoms with Crippen LogP contribution in [0, 0.1) is 11.8 Å². The quantitative estimate of drug-likeness (QED) is 0.902. The number of fused-ring (bicyclic) bond motifs is 3. The lowest BCUT2D eigenvalue weighted by atomic mass is 9.75. The number of hydrogen-bond donors (Lipinski definition) is 1. The summed E-state index contributed by atoms with van der Waals surface area (Å²) in [5, 5.41) is 11.8. The van der Waals surface area contributed by atoms with Gasteiger partial charge in [0.05, 0.1) is 18.2 Å². The molecule has 1 aromatic heterocycles. The van der Waals surface area contributed by atoms with E-state index in [1.807, 2.05) is 35.0 Å². The van der Waals surface area contributed by atoms with Gasteiger partial charge in [-0.25, -0.2) is 0 Å². The fourth-order valence-corrected chi connectivity index (χ4v) is 4.33. The van der Waals surface area contributed by atoms with E-state index in [1.165, 1.54) is 0 Å². The van der Waals surface area contributed by atoms with Crippen LogP contribution in [0.25, 0.3) is 0 Å². The maximum Gasteiger partial charge on any atom is 0.229 e. The fourth-order valence-electron chi connectivity index (χ4n) is 4.33. The zero-order valence-corrected chi connectivity index (χ0v) is 16.4. The summed E-state index contributed by atoms with van der Waals surface area (Å²) in [5.41, 5.74) is 1.93. The van der Waals surface area contributed by atoms with Crippen molar-refractivity contribution in [2.24, 2.45) is 11.8 Å². The number of hydrogen-bond acceptors (Lipinski definition) is 4. The van der Waals surface area contributed by atoms with Crippen molar-refractivity contribution >= 4 is 11.6 Å². The molecule has 4 heterocycles. The van der Waals surface area contributed by atoms with Crippen LogP contribution >= 0.6 is 0 Å². The van der Waals surface area contributed by atoms with Crippen LogP contribution in [-0.2, 0) is 16.8 Å². The van der Waals surface area contributed by atoms with Gasteiger partial charge in [-0.2, -0.15) is 0 Å². The van der Waals surface area contributed by atoms with Crippen molar-refractivity contribution in [2.75, 3.05) is 18.4 Å². The van der Waals surface area contributed by atoms with Gasteiger partial charge in [-0.3, -0.25) is 14.4 Å². The zero-order chi connectivity index (χ0) is 19.0. The number of amides is 1. The molecule has 1 unspecified atom stereocenters. The Morgan fingerprint density at radius 2 is 2.04 bits per heavy atom. The van der Waals surface area contributed by atoms with Gasteiger partial charge in [-0.15, -0.1) is 5.10 Å². The second-order valence-corrected chi connectivity index (χ2v) is 8.97. The van der Waals surface area contributed by atoms with E-state index >= 15 is 0 Å². The van der Waals surface area contributed by atoms with Crippen molar-refractivity contribution in [3.63, 3.8) is 0 Å². The number of carbonyl (C=O) groups is 1. The van der Waals surface area contributed by atoms with E-state index in [-0.39, 0.29) is 17.2 Å². The summed E-state index contributed by atoms with van der Waals surface area (Å²) in [4.78, 5) is 15.2. The monoisotopic (exact) mass is 367 g/mol. The molecule has 0 spiro atoms. The molecule has 1 N–H and O–H groups in total. The van der Waals surface area contributed by atoms with E-state index in [0.29, 0.717) is 12.0 Å². The van der Waals surface area contributed by atoms with Crippen LogP contribution < -0.4 is 5.32 Å². The average Bonchev–Trinajstić information content (AvgIpc) is 3.12. The smallest absolute Gasteiger partial charge is 0.229 e. The fraction of sp³-hybridized carbons (Fsp3) is 0.571. The lowest BCUT2D eigenvalue weighted by Gasteiger charge is -2.49. The van der Waals surface area contributed by atoms with Crippen LogP contribution in [-0.4, -0.2) is 44.9 Å². The van der Waals surface area contributed by atoms with Gasteiger partial charge in [-0.05, 0) is 37.4 Å². The molecule has 2 bridgehead atoms. The van der Waals surface area contributed by atoms with E-state index in [9.17, 15) is 4.79 Å². The normalized spacial score (nSPS) is 27.5. The molecule has 5 rings (SSSR count). The first-order valence-corrected chi connectivity index (χ1v) is 9.91. The predicted octanol–water partition coefficient (Wildman–Crippen LogP) is 2.92. The molecule has 6 heteroatoms. The highest BCUT2D eigenvalue weighted by molar-refractivity contribution is 5.93. The zero-order valence-electron chi connectivity index (χ0n) is 16.4. The topological polar surface area (TPSA) is 63.1 Å². The lowest BCUT2D eigenvalue weighted by Crippen LogP contribution is -2.57. The van der Waals surface area contributed by atoms with Gasteiger partial charge >= 0.3 is 0 Å². The molecule has 6 nitrogen and oxygen atoms in total. The van der Waals surface area contributed by atoms with E-state index in [1.54, 1.807) is 0 Å². The first kappa shape index (κ1) is 18.2. The maximum absolute atomic E-state index is 12.8. The number of benzene rings is 1. The number of aromatic nitrogens is 3. The van der Waals surface area contributed by atoms with Crippen LogP contribution in [0.3, 0.4) is 0 Å². The average molecular weight is 367 g/mol. The molecule has 144 valence electrons. The van der Waals surface area contributed by atoms with Crippen LogP contribution in [0.2, 0.25) is 0 Å². The molecule has 0 radical (unpaired) electrons. The molecule has 0 saturated carbocycles. The van der Waals surface area contributed by atoms with Crippen molar-refractivity contribution < 1.29 is 4.79 Å². The third-order valence-corrected chi connectivity index (χ3v) is 5.96. The Kier molecular flexibility index (Phi) is 4.76. The Hall–Kier alpha value is -2.21. The van der Waals surface area contributed by atoms with E-state index in [2.05, 4.69) is 47.5 Å². The number of rotatable bonds is 4. The minimum absolute atomic E-state index is 0.0186. The molecule has 27 heavy (non-hydrogen) atoms. The highest BCUT2D eigenvalue weighted by Crippen LogP contribution is 2.37. The van der Waals surface area contributed by atoms with Crippen LogP contribution in [0.1, 0.15) is 39.3 Å². The predicted molar refractivity (Wildman–Crippen MR) is 105 cm³/mol. The number of piperidine rings is 3. The van der Waals surface area contributed by atoms with Gasteiger partial charge in [0.1, 0.15) is 0 Å². The van der Waals surface area contributed by atoms with Gasteiger partial charge in [0, 0.05) is 29.9 Å². The SMILES string of the molecule is CC(C)(C)c1cn(C[C@H]2C[C@@H]3CCN2C[C@@H]3C(=O)Nc2ccccc2)nn1. The molecule has 1 amide bonds. The van der Waals surface area contributed by atoms with Gasteiger partial charge in [0.2, 0.25) is 5.91 Å². The summed E-state index contributed by atoms with van der Waals surface area (Å²) in [6, 6.07) is 10.2. The second-order valence-electron chi connectivity index (χ2n) is 8.97. The van der Waals surface area contributed by atoms with Crippen LogP contribution in [0.15, 0.2) is 36.5 Å². The third kappa shape index (κ3) is 3.90. The Morgan fingerprint density at radius 1 is 1.26 bits per heavy atom. The molecular weight excluding hydrogens is 338 g/mol. The van der Waals surface area contributed by atoms with E-state index in [4.69, 9.17) is 0 Å². The minimum Gasteiger partial charge on any atom is -0.326 e. The molecule has 3 fully saturated rings. The lowest BCUT2D eigenvalue weighted by molar-refractivity contribution is -0.127. The molecule has 4 atom stereocenters. The summed E-state index contributed by atoms with van der Waals surface area (Å²) in [6.07, 6.45) is 4.23. The number of para-hydroxylation sites is 1. The van der Waals surface area contributed by atoms with Gasteiger partial charge in [-0.1, -0.05) is 44.2 Å². The molecule has 0 aliphatic carbocycles. The molecule has 1 aromatic carbocycles. The second kappa shape index (κ2) is 7.08. The first-order chi connectivity index (χ1) is 12.9. The van der Waals surface area contributed by atoms with Gasteiger partial charge in [0.15, 0.2) is 0 Å². The van der Waals surface area contributed by atoms with Crippen LogP contribution in [0.5, 0.6) is 0 Å². The standard InChI is InChI=1S/C21H29N5O/c1-21(2,3)19-14-26(24-23-19)12-17-11-15-9-10-25(17)13-18(15)20(27)22-16-7-5-4-6-8-16/h4-8,14-15,17-18H,9-13H2,1-3H3,(H,22,27)/t15-,17+,18-/m0/s1. The number of anilines is 1. The Bertz CT molecular complexity index is 794. The summed E-state index contributed by atoms with van der Waals surface area (Å²) >= 11 is 0. The summed E-state index contributed by atoms with van der Waals surface area (Å²) in [5.74, 6) is 0.690. The number of nitrogens with zero attached hydrogens (tertiary/aromatic N) is 4. The number of carbonyl (C=O) groups excluding carboxylic acids is 1. The van der Waals surface area contributed by atoms with Crippen molar-refractivity contribution in [3.05, 3.63) is 42.2 Å². The molecule has 3 saturated heterocycles. The molecule has 2 aromatic rings. The van der Waals surface area contributed by atoms with Gasteiger partial charge < -0.3 is 5.32 Å². The molecular formula is C21H29N5O.